The SMILES string of the molecule is COc1cc2c(Nc3ccc(CC(=O)[C@H](c4ccccc4)N4Cc5ccccc5C4=O)cc3F)ncnc2cc1OCC1CCN(C)CC1. The first-order valence-electron chi connectivity index (χ1n) is 16.5. The summed E-state index contributed by atoms with van der Waals surface area (Å²) < 4.78 is 27.5. The van der Waals surface area contributed by atoms with E-state index in [1.54, 1.807) is 36.3 Å². The molecule has 1 fully saturated rings. The van der Waals surface area contributed by atoms with Crippen LogP contribution in [0.5, 0.6) is 11.5 Å². The van der Waals surface area contributed by atoms with Gasteiger partial charge in [0.1, 0.15) is 24.0 Å². The van der Waals surface area contributed by atoms with Gasteiger partial charge in [-0.15, -0.1) is 0 Å². The lowest BCUT2D eigenvalue weighted by Crippen LogP contribution is -2.35. The maximum absolute atomic E-state index is 15.6. The van der Waals surface area contributed by atoms with Crippen molar-refractivity contribution < 1.29 is 23.5 Å². The summed E-state index contributed by atoms with van der Waals surface area (Å²) in [6.07, 6.45) is 3.54. The predicted octanol–water partition coefficient (Wildman–Crippen LogP) is 6.75. The van der Waals surface area contributed by atoms with Crippen LogP contribution in [0.1, 0.15) is 45.9 Å². The molecule has 1 saturated heterocycles. The Kier molecular flexibility index (Phi) is 9.21. The fraction of sp³-hybridized carbons (Fsp3) is 0.282. The Balaban J connectivity index is 1.08. The quantitative estimate of drug-likeness (QED) is 0.166. The molecule has 250 valence electrons. The van der Waals surface area contributed by atoms with Crippen molar-refractivity contribution >= 4 is 34.1 Å². The number of hydrogen-bond donors (Lipinski definition) is 1. The van der Waals surface area contributed by atoms with Crippen LogP contribution in [0.15, 0.2) is 91.3 Å². The first-order valence-corrected chi connectivity index (χ1v) is 16.5. The minimum atomic E-state index is -0.803. The van der Waals surface area contributed by atoms with E-state index in [0.29, 0.717) is 64.0 Å². The Morgan fingerprint density at radius 3 is 2.51 bits per heavy atom. The van der Waals surface area contributed by atoms with Crippen LogP contribution in [0.4, 0.5) is 15.9 Å². The van der Waals surface area contributed by atoms with Gasteiger partial charge >= 0.3 is 0 Å². The summed E-state index contributed by atoms with van der Waals surface area (Å²) in [5.74, 6) is 1.10. The molecule has 2 aliphatic rings. The molecule has 0 saturated carbocycles. The maximum Gasteiger partial charge on any atom is 0.255 e. The number of rotatable bonds is 11. The Labute approximate surface area is 284 Å². The molecule has 9 nitrogen and oxygen atoms in total. The third kappa shape index (κ3) is 6.82. The van der Waals surface area contributed by atoms with Gasteiger partial charge < -0.3 is 24.6 Å². The van der Waals surface area contributed by atoms with Crippen LogP contribution in [-0.2, 0) is 17.8 Å². The number of halogens is 1. The van der Waals surface area contributed by atoms with Gasteiger partial charge in [-0.25, -0.2) is 14.4 Å². The van der Waals surface area contributed by atoms with E-state index in [0.717, 1.165) is 31.5 Å². The van der Waals surface area contributed by atoms with E-state index in [1.807, 2.05) is 54.6 Å². The molecule has 2 aliphatic heterocycles. The van der Waals surface area contributed by atoms with E-state index in [4.69, 9.17) is 9.47 Å². The molecule has 3 heterocycles. The monoisotopic (exact) mass is 659 g/mol. The van der Waals surface area contributed by atoms with Crippen molar-refractivity contribution in [1.82, 2.24) is 19.8 Å². The summed E-state index contributed by atoms with van der Waals surface area (Å²) in [4.78, 5) is 40.0. The van der Waals surface area contributed by atoms with Crippen LogP contribution in [0.3, 0.4) is 0 Å². The molecule has 1 amide bonds. The second-order valence-corrected chi connectivity index (χ2v) is 12.8. The highest BCUT2D eigenvalue weighted by molar-refractivity contribution is 6.02. The van der Waals surface area contributed by atoms with Crippen LogP contribution in [0.25, 0.3) is 10.9 Å². The number of ether oxygens (including phenoxy) is 2. The summed E-state index contributed by atoms with van der Waals surface area (Å²) in [6.45, 7) is 3.05. The number of fused-ring (bicyclic) bond motifs is 2. The van der Waals surface area contributed by atoms with Gasteiger partial charge in [0.25, 0.3) is 5.91 Å². The molecule has 4 aromatic carbocycles. The van der Waals surface area contributed by atoms with Crippen molar-refractivity contribution in [3.63, 3.8) is 0 Å². The Morgan fingerprint density at radius 2 is 1.76 bits per heavy atom. The van der Waals surface area contributed by atoms with Gasteiger partial charge in [0, 0.05) is 30.0 Å². The molecule has 49 heavy (non-hydrogen) atoms. The number of carbonyl (C=O) groups excluding carboxylic acids is 2. The van der Waals surface area contributed by atoms with Crippen molar-refractivity contribution in [1.29, 1.82) is 0 Å². The number of anilines is 2. The number of aromatic nitrogens is 2. The number of hydrogen-bond acceptors (Lipinski definition) is 8. The van der Waals surface area contributed by atoms with Crippen molar-refractivity contribution in [2.45, 2.75) is 31.8 Å². The molecule has 10 heteroatoms. The van der Waals surface area contributed by atoms with Gasteiger partial charge in [0.15, 0.2) is 17.3 Å². The van der Waals surface area contributed by atoms with E-state index in [2.05, 4.69) is 27.2 Å². The molecule has 1 N–H and O–H groups in total. The molecule has 0 aliphatic carbocycles. The van der Waals surface area contributed by atoms with E-state index in [-0.39, 0.29) is 23.8 Å². The third-order valence-corrected chi connectivity index (χ3v) is 9.48. The zero-order valence-electron chi connectivity index (χ0n) is 27.6. The first-order chi connectivity index (χ1) is 23.9. The molecule has 0 spiro atoms. The topological polar surface area (TPSA) is 96.9 Å². The smallest absolute Gasteiger partial charge is 0.255 e. The molecule has 7 rings (SSSR count). The molecule has 0 unspecified atom stereocenters. The van der Waals surface area contributed by atoms with E-state index in [9.17, 15) is 9.59 Å². The van der Waals surface area contributed by atoms with Crippen LogP contribution in [-0.4, -0.2) is 65.3 Å². The largest absolute Gasteiger partial charge is 0.493 e. The third-order valence-electron chi connectivity index (χ3n) is 9.48. The molecule has 0 bridgehead atoms. The number of amides is 1. The average Bonchev–Trinajstić information content (AvgIpc) is 3.44. The van der Waals surface area contributed by atoms with Gasteiger partial charge in [-0.3, -0.25) is 9.59 Å². The highest BCUT2D eigenvalue weighted by atomic mass is 19.1. The van der Waals surface area contributed by atoms with Gasteiger partial charge in [0.2, 0.25) is 0 Å². The van der Waals surface area contributed by atoms with Gasteiger partial charge in [-0.1, -0.05) is 54.6 Å². The lowest BCUT2D eigenvalue weighted by atomic mass is 9.96. The highest BCUT2D eigenvalue weighted by Crippen LogP contribution is 2.36. The van der Waals surface area contributed by atoms with Gasteiger partial charge in [-0.2, -0.15) is 0 Å². The Morgan fingerprint density at radius 1 is 0.980 bits per heavy atom. The lowest BCUT2D eigenvalue weighted by molar-refractivity contribution is -0.123. The number of nitrogens with zero attached hydrogens (tertiary/aromatic N) is 4. The standard InChI is InChI=1S/C39H38FN5O4/c1-44-16-14-25(15-17-44)23-49-36-21-33-30(20-35(36)48-2)38(42-24-41-33)43-32-13-12-26(18-31(32)40)19-34(46)37(27-8-4-3-5-9-27)45-22-28-10-6-7-11-29(28)39(45)47/h3-13,18,20-21,24-25,37H,14-17,19,22-23H2,1-2H3,(H,41,42,43)/t37-/m0/s1. The molecule has 1 atom stereocenters. The number of Topliss-reactive ketones (excluding diaryl/α,β-unsaturated/α-hetero) is 1. The molecule has 1 aromatic heterocycles. The van der Waals surface area contributed by atoms with E-state index >= 15 is 4.39 Å². The Hall–Kier alpha value is -5.35. The van der Waals surface area contributed by atoms with Gasteiger partial charge in [-0.05, 0) is 79.9 Å². The zero-order chi connectivity index (χ0) is 33.9. The minimum Gasteiger partial charge on any atom is -0.493 e. The highest BCUT2D eigenvalue weighted by Gasteiger charge is 2.37. The number of ketones is 1. The fourth-order valence-corrected chi connectivity index (χ4v) is 6.73. The first kappa shape index (κ1) is 32.2. The summed E-state index contributed by atoms with van der Waals surface area (Å²) in [7, 11) is 3.72. The van der Waals surface area contributed by atoms with E-state index < -0.39 is 11.9 Å². The van der Waals surface area contributed by atoms with Crippen molar-refractivity contribution in [2.75, 3.05) is 39.2 Å². The number of methoxy groups -OCH3 is 1. The number of benzene rings is 4. The second-order valence-electron chi connectivity index (χ2n) is 12.8. The van der Waals surface area contributed by atoms with Crippen molar-refractivity contribution in [3.05, 3.63) is 119 Å². The summed E-state index contributed by atoms with van der Waals surface area (Å²) in [6, 6.07) is 24.1. The number of carbonyl (C=O) groups is 2. The summed E-state index contributed by atoms with van der Waals surface area (Å²) in [5, 5.41) is 3.74. The second kappa shape index (κ2) is 14.0. The number of nitrogens with one attached hydrogen (secondary N) is 1. The van der Waals surface area contributed by atoms with Crippen LogP contribution < -0.4 is 14.8 Å². The molecule has 0 radical (unpaired) electrons. The van der Waals surface area contributed by atoms with Gasteiger partial charge in [0.05, 0.1) is 24.9 Å². The normalized spacial score (nSPS) is 15.7. The maximum atomic E-state index is 15.6. The average molecular weight is 660 g/mol. The summed E-state index contributed by atoms with van der Waals surface area (Å²) in [5.41, 5.74) is 3.53. The van der Waals surface area contributed by atoms with E-state index in [1.165, 1.54) is 12.4 Å². The van der Waals surface area contributed by atoms with Crippen LogP contribution in [0, 0.1) is 11.7 Å². The minimum absolute atomic E-state index is 0.0507. The van der Waals surface area contributed by atoms with Crippen molar-refractivity contribution in [2.24, 2.45) is 5.92 Å². The number of piperidine rings is 1. The summed E-state index contributed by atoms with van der Waals surface area (Å²) >= 11 is 0. The molecular weight excluding hydrogens is 621 g/mol. The van der Waals surface area contributed by atoms with Crippen LogP contribution in [0.2, 0.25) is 0 Å². The van der Waals surface area contributed by atoms with Crippen molar-refractivity contribution in [3.8, 4) is 11.5 Å². The predicted molar refractivity (Wildman–Crippen MR) is 186 cm³/mol. The molecule has 5 aromatic rings. The lowest BCUT2D eigenvalue weighted by Gasteiger charge is -2.28. The number of likely N-dealkylation sites (tertiary alicyclic amines) is 1. The molecular formula is C39H38FN5O4. The Bertz CT molecular complexity index is 2000. The zero-order valence-corrected chi connectivity index (χ0v) is 27.6. The van der Waals surface area contributed by atoms with Crippen LogP contribution >= 0.6 is 0 Å². The fourth-order valence-electron chi connectivity index (χ4n) is 6.73.